The zero-order valence-corrected chi connectivity index (χ0v) is 14.8. The van der Waals surface area contributed by atoms with Gasteiger partial charge in [0.1, 0.15) is 5.82 Å². The third-order valence-electron chi connectivity index (χ3n) is 4.35. The van der Waals surface area contributed by atoms with Crippen molar-refractivity contribution < 1.29 is 8.42 Å². The van der Waals surface area contributed by atoms with Gasteiger partial charge in [-0.25, -0.2) is 13.4 Å². The van der Waals surface area contributed by atoms with E-state index < -0.39 is 9.84 Å². The molecule has 6 nitrogen and oxygen atoms in total. The van der Waals surface area contributed by atoms with Crippen molar-refractivity contribution in [3.05, 3.63) is 47.9 Å². The van der Waals surface area contributed by atoms with Gasteiger partial charge in [0.05, 0.1) is 29.0 Å². The fourth-order valence-corrected chi connectivity index (χ4v) is 3.72. The molecular weight excluding hydrogens is 324 g/mol. The van der Waals surface area contributed by atoms with Crippen molar-refractivity contribution in [1.29, 1.82) is 0 Å². The average Bonchev–Trinajstić information content (AvgIpc) is 3.03. The lowest BCUT2D eigenvalue weighted by molar-refractivity contribution is 0.244. The number of benzene rings is 1. The molecule has 3 rings (SSSR count). The minimum atomic E-state index is -3.15. The van der Waals surface area contributed by atoms with Crippen LogP contribution in [0.5, 0.6) is 0 Å². The molecule has 0 unspecified atom stereocenters. The lowest BCUT2D eigenvalue weighted by Crippen LogP contribution is -2.23. The Bertz CT molecular complexity index is 806. The van der Waals surface area contributed by atoms with E-state index in [2.05, 4.69) is 20.2 Å². The number of rotatable bonds is 5. The molecule has 0 radical (unpaired) electrons. The van der Waals surface area contributed by atoms with E-state index in [-0.39, 0.29) is 6.04 Å². The first kappa shape index (κ1) is 16.9. The molecule has 0 bridgehead atoms. The summed E-state index contributed by atoms with van der Waals surface area (Å²) in [6.07, 6.45) is 6.95. The number of aromatic nitrogens is 2. The smallest absolute Gasteiger partial charge is 0.175 e. The summed E-state index contributed by atoms with van der Waals surface area (Å²) in [6.45, 7) is 1.78. The van der Waals surface area contributed by atoms with Gasteiger partial charge in [0.2, 0.25) is 0 Å². The fraction of sp³-hybridized carbons (Fsp3) is 0.412. The third kappa shape index (κ3) is 3.73. The topological polar surface area (TPSA) is 75.2 Å². The standard InChI is InChI=1S/C17H22N4O2S/c1-18-17-11-19-10-15(20-17)16-4-3-9-21(16)12-13-5-7-14(8-6-13)24(2,22)23/h5-8,10-11,16H,3-4,9,12H2,1-2H3,(H,18,20)/t16-/m1/s1. The molecule has 1 atom stereocenters. The van der Waals surface area contributed by atoms with Gasteiger partial charge in [-0.05, 0) is 37.1 Å². The highest BCUT2D eigenvalue weighted by molar-refractivity contribution is 7.90. The van der Waals surface area contributed by atoms with E-state index in [1.165, 1.54) is 6.26 Å². The fourth-order valence-electron chi connectivity index (χ4n) is 3.09. The molecule has 128 valence electrons. The second kappa shape index (κ2) is 6.86. The summed E-state index contributed by atoms with van der Waals surface area (Å²) in [5, 5.41) is 3.03. The van der Waals surface area contributed by atoms with E-state index in [4.69, 9.17) is 0 Å². The van der Waals surface area contributed by atoms with Gasteiger partial charge < -0.3 is 5.32 Å². The molecule has 0 aliphatic carbocycles. The van der Waals surface area contributed by atoms with Crippen LogP contribution in [0.2, 0.25) is 0 Å². The lowest BCUT2D eigenvalue weighted by atomic mass is 10.1. The van der Waals surface area contributed by atoms with Crippen LogP contribution in [0, 0.1) is 0 Å². The van der Waals surface area contributed by atoms with Crippen LogP contribution in [0.4, 0.5) is 5.82 Å². The van der Waals surface area contributed by atoms with Gasteiger partial charge in [-0.15, -0.1) is 0 Å². The van der Waals surface area contributed by atoms with Gasteiger partial charge >= 0.3 is 0 Å². The molecular formula is C17H22N4O2S. The SMILES string of the molecule is CNc1cncc([C@H]2CCCN2Cc2ccc(S(C)(=O)=O)cc2)n1. The molecule has 1 saturated heterocycles. The van der Waals surface area contributed by atoms with E-state index in [0.717, 1.165) is 43.0 Å². The maximum absolute atomic E-state index is 11.6. The minimum Gasteiger partial charge on any atom is -0.372 e. The molecule has 0 spiro atoms. The Morgan fingerprint density at radius 3 is 2.67 bits per heavy atom. The highest BCUT2D eigenvalue weighted by atomic mass is 32.2. The summed E-state index contributed by atoms with van der Waals surface area (Å²) in [7, 11) is -1.31. The number of nitrogens with zero attached hydrogens (tertiary/aromatic N) is 3. The first-order valence-electron chi connectivity index (χ1n) is 8.00. The van der Waals surface area contributed by atoms with Crippen molar-refractivity contribution in [3.8, 4) is 0 Å². The lowest BCUT2D eigenvalue weighted by Gasteiger charge is -2.24. The van der Waals surface area contributed by atoms with Crippen LogP contribution in [0.15, 0.2) is 41.6 Å². The number of anilines is 1. The largest absolute Gasteiger partial charge is 0.372 e. The maximum Gasteiger partial charge on any atom is 0.175 e. The van der Waals surface area contributed by atoms with Gasteiger partial charge in [-0.1, -0.05) is 12.1 Å². The molecule has 1 aliphatic heterocycles. The van der Waals surface area contributed by atoms with Gasteiger partial charge in [-0.2, -0.15) is 0 Å². The van der Waals surface area contributed by atoms with Gasteiger partial charge in [0.25, 0.3) is 0 Å². The number of likely N-dealkylation sites (tertiary alicyclic amines) is 1. The second-order valence-electron chi connectivity index (χ2n) is 6.12. The summed E-state index contributed by atoms with van der Waals surface area (Å²) in [5.41, 5.74) is 2.08. The zero-order chi connectivity index (χ0) is 17.2. The van der Waals surface area contributed by atoms with Crippen molar-refractivity contribution in [2.24, 2.45) is 0 Å². The molecule has 1 aromatic heterocycles. The van der Waals surface area contributed by atoms with Crippen molar-refractivity contribution >= 4 is 15.7 Å². The Morgan fingerprint density at radius 2 is 2.00 bits per heavy atom. The Balaban J connectivity index is 1.76. The number of hydrogen-bond donors (Lipinski definition) is 1. The Hall–Kier alpha value is -1.99. The highest BCUT2D eigenvalue weighted by Crippen LogP contribution is 2.32. The first-order valence-corrected chi connectivity index (χ1v) is 9.89. The van der Waals surface area contributed by atoms with E-state index in [1.807, 2.05) is 25.4 Å². The molecule has 0 amide bonds. The summed E-state index contributed by atoms with van der Waals surface area (Å²) < 4.78 is 23.1. The Labute approximate surface area is 142 Å². The highest BCUT2D eigenvalue weighted by Gasteiger charge is 2.27. The minimum absolute atomic E-state index is 0.250. The quantitative estimate of drug-likeness (QED) is 0.895. The Kier molecular flexibility index (Phi) is 4.82. The molecule has 0 saturated carbocycles. The van der Waals surface area contributed by atoms with Crippen LogP contribution in [-0.4, -0.2) is 43.1 Å². The zero-order valence-electron chi connectivity index (χ0n) is 13.9. The molecule has 2 aromatic rings. The van der Waals surface area contributed by atoms with E-state index in [1.54, 1.807) is 18.3 Å². The first-order chi connectivity index (χ1) is 11.5. The molecule has 7 heteroatoms. The predicted molar refractivity (Wildman–Crippen MR) is 93.5 cm³/mol. The van der Waals surface area contributed by atoms with Crippen LogP contribution in [0.1, 0.15) is 30.1 Å². The van der Waals surface area contributed by atoms with Crippen molar-refractivity contribution in [2.75, 3.05) is 25.2 Å². The van der Waals surface area contributed by atoms with Crippen LogP contribution < -0.4 is 5.32 Å². The maximum atomic E-state index is 11.6. The third-order valence-corrected chi connectivity index (χ3v) is 5.48. The molecule has 1 aliphatic rings. The number of hydrogen-bond acceptors (Lipinski definition) is 6. The summed E-state index contributed by atoms with van der Waals surface area (Å²) in [5.74, 6) is 0.775. The second-order valence-corrected chi connectivity index (χ2v) is 8.14. The molecule has 2 heterocycles. The van der Waals surface area contributed by atoms with E-state index >= 15 is 0 Å². The van der Waals surface area contributed by atoms with Gasteiger partial charge in [-0.3, -0.25) is 9.88 Å². The van der Waals surface area contributed by atoms with Crippen LogP contribution in [0.3, 0.4) is 0 Å². The van der Waals surface area contributed by atoms with Crippen molar-refractivity contribution in [3.63, 3.8) is 0 Å². The van der Waals surface area contributed by atoms with E-state index in [9.17, 15) is 8.42 Å². The molecule has 24 heavy (non-hydrogen) atoms. The normalized spacial score (nSPS) is 18.7. The van der Waals surface area contributed by atoms with Gasteiger partial charge in [0, 0.05) is 19.8 Å². The molecule has 1 aromatic carbocycles. The van der Waals surface area contributed by atoms with Crippen LogP contribution >= 0.6 is 0 Å². The van der Waals surface area contributed by atoms with Crippen molar-refractivity contribution in [2.45, 2.75) is 30.3 Å². The van der Waals surface area contributed by atoms with Gasteiger partial charge in [0.15, 0.2) is 9.84 Å². The average molecular weight is 346 g/mol. The van der Waals surface area contributed by atoms with Crippen LogP contribution in [-0.2, 0) is 16.4 Å². The molecule has 1 fully saturated rings. The van der Waals surface area contributed by atoms with E-state index in [0.29, 0.717) is 4.90 Å². The summed E-state index contributed by atoms with van der Waals surface area (Å²) in [4.78, 5) is 11.6. The molecule has 1 N–H and O–H groups in total. The summed E-state index contributed by atoms with van der Waals surface area (Å²) in [6, 6.07) is 7.39. The van der Waals surface area contributed by atoms with Crippen molar-refractivity contribution in [1.82, 2.24) is 14.9 Å². The number of nitrogens with one attached hydrogen (secondary N) is 1. The predicted octanol–water partition coefficient (Wildman–Crippen LogP) is 2.26. The van der Waals surface area contributed by atoms with Crippen LogP contribution in [0.25, 0.3) is 0 Å². The monoisotopic (exact) mass is 346 g/mol. The Morgan fingerprint density at radius 1 is 1.25 bits per heavy atom. The number of sulfone groups is 1. The summed E-state index contributed by atoms with van der Waals surface area (Å²) >= 11 is 0.